The van der Waals surface area contributed by atoms with Gasteiger partial charge in [-0.1, -0.05) is 12.1 Å². The maximum Gasteiger partial charge on any atom is 0.371 e. The van der Waals surface area contributed by atoms with Gasteiger partial charge in [-0.05, 0) is 24.3 Å². The number of benzene rings is 2. The van der Waals surface area contributed by atoms with Crippen molar-refractivity contribution in [3.8, 4) is 11.5 Å². The van der Waals surface area contributed by atoms with Crippen LogP contribution in [0.2, 0.25) is 0 Å². The summed E-state index contributed by atoms with van der Waals surface area (Å²) in [6.07, 6.45) is -0.327. The van der Waals surface area contributed by atoms with Crippen LogP contribution >= 0.6 is 0 Å². The standard InChI is InChI=1S/C22H15FO8/c23-12(10-29-16-4-1-3-15-20(16)13(24)7-8-28-15)11-30-17-5-2-6-18-21(17)14(25)9-19(31-18)22(26)27/h1-9,12H,10-11H2,(H,26,27). The second-order valence-electron chi connectivity index (χ2n) is 6.54. The summed E-state index contributed by atoms with van der Waals surface area (Å²) in [6.45, 7) is -0.853. The van der Waals surface area contributed by atoms with Crippen molar-refractivity contribution in [2.75, 3.05) is 13.2 Å². The highest BCUT2D eigenvalue weighted by Gasteiger charge is 2.16. The quantitative estimate of drug-likeness (QED) is 0.478. The molecule has 1 N–H and O–H groups in total. The van der Waals surface area contributed by atoms with Gasteiger partial charge >= 0.3 is 5.97 Å². The van der Waals surface area contributed by atoms with E-state index in [9.17, 15) is 18.8 Å². The Hall–Kier alpha value is -4.14. The highest BCUT2D eigenvalue weighted by atomic mass is 19.1. The van der Waals surface area contributed by atoms with Gasteiger partial charge in [0.15, 0.2) is 17.0 Å². The lowest BCUT2D eigenvalue weighted by atomic mass is 10.2. The molecule has 2 aromatic heterocycles. The van der Waals surface area contributed by atoms with E-state index in [1.54, 1.807) is 12.1 Å². The summed E-state index contributed by atoms with van der Waals surface area (Å²) < 4.78 is 35.7. The van der Waals surface area contributed by atoms with Crippen LogP contribution in [-0.2, 0) is 0 Å². The van der Waals surface area contributed by atoms with Crippen molar-refractivity contribution in [1.29, 1.82) is 0 Å². The van der Waals surface area contributed by atoms with Crippen LogP contribution in [0.3, 0.4) is 0 Å². The smallest absolute Gasteiger partial charge is 0.371 e. The van der Waals surface area contributed by atoms with Gasteiger partial charge < -0.3 is 23.4 Å². The van der Waals surface area contributed by atoms with Crippen LogP contribution < -0.4 is 20.3 Å². The third kappa shape index (κ3) is 4.11. The summed E-state index contributed by atoms with van der Waals surface area (Å²) in [6, 6.07) is 11.2. The van der Waals surface area contributed by atoms with Crippen molar-refractivity contribution >= 4 is 27.9 Å². The van der Waals surface area contributed by atoms with Crippen molar-refractivity contribution in [2.24, 2.45) is 0 Å². The molecule has 31 heavy (non-hydrogen) atoms. The molecule has 9 heteroatoms. The zero-order valence-electron chi connectivity index (χ0n) is 15.9. The number of halogens is 1. The predicted octanol–water partition coefficient (Wildman–Crippen LogP) is 3.39. The first-order valence-electron chi connectivity index (χ1n) is 9.14. The second-order valence-corrected chi connectivity index (χ2v) is 6.54. The van der Waals surface area contributed by atoms with Gasteiger partial charge in [0.05, 0.1) is 6.26 Å². The Morgan fingerprint density at radius 2 is 1.55 bits per heavy atom. The summed E-state index contributed by atoms with van der Waals surface area (Å²) in [4.78, 5) is 35.4. The molecule has 8 nitrogen and oxygen atoms in total. The van der Waals surface area contributed by atoms with E-state index >= 15 is 0 Å². The summed E-state index contributed by atoms with van der Waals surface area (Å²) in [7, 11) is 0. The molecule has 0 radical (unpaired) electrons. The first-order valence-corrected chi connectivity index (χ1v) is 9.14. The van der Waals surface area contributed by atoms with Crippen LogP contribution in [0.25, 0.3) is 21.9 Å². The zero-order chi connectivity index (χ0) is 22.0. The number of fused-ring (bicyclic) bond motifs is 2. The van der Waals surface area contributed by atoms with Gasteiger partial charge in [0.1, 0.15) is 46.7 Å². The lowest BCUT2D eigenvalue weighted by Crippen LogP contribution is -2.22. The number of hydrogen-bond donors (Lipinski definition) is 1. The van der Waals surface area contributed by atoms with Gasteiger partial charge in [-0.15, -0.1) is 0 Å². The summed E-state index contributed by atoms with van der Waals surface area (Å²) >= 11 is 0. The van der Waals surface area contributed by atoms with Gasteiger partial charge in [-0.25, -0.2) is 9.18 Å². The van der Waals surface area contributed by atoms with E-state index in [1.165, 1.54) is 36.6 Å². The number of ether oxygens (including phenoxy) is 2. The van der Waals surface area contributed by atoms with Gasteiger partial charge in [0, 0.05) is 12.1 Å². The molecule has 0 amide bonds. The van der Waals surface area contributed by atoms with Crippen LogP contribution in [-0.4, -0.2) is 30.5 Å². The molecule has 2 heterocycles. The highest BCUT2D eigenvalue weighted by molar-refractivity contribution is 5.89. The van der Waals surface area contributed by atoms with Crippen molar-refractivity contribution in [3.63, 3.8) is 0 Å². The molecule has 1 unspecified atom stereocenters. The maximum atomic E-state index is 14.4. The van der Waals surface area contributed by atoms with Crippen LogP contribution in [0.15, 0.2) is 73.2 Å². The molecule has 0 saturated heterocycles. The molecule has 0 fully saturated rings. The topological polar surface area (TPSA) is 116 Å². The second kappa shape index (κ2) is 8.31. The minimum atomic E-state index is -1.59. The third-order valence-corrected chi connectivity index (χ3v) is 4.42. The predicted molar refractivity (Wildman–Crippen MR) is 108 cm³/mol. The van der Waals surface area contributed by atoms with E-state index in [0.717, 1.165) is 6.07 Å². The average molecular weight is 426 g/mol. The van der Waals surface area contributed by atoms with E-state index in [2.05, 4.69) is 0 Å². The number of carbonyl (C=O) groups is 1. The van der Waals surface area contributed by atoms with Gasteiger partial charge in [-0.3, -0.25) is 9.59 Å². The summed E-state index contributed by atoms with van der Waals surface area (Å²) in [5.74, 6) is -1.65. The van der Waals surface area contributed by atoms with Crippen LogP contribution in [0, 0.1) is 0 Å². The SMILES string of the molecule is O=C(O)c1cc(=O)c2c(OCC(F)COc3cccc4occc(=O)c34)cccc2o1. The largest absolute Gasteiger partial charge is 0.489 e. The Morgan fingerprint density at radius 3 is 2.19 bits per heavy atom. The molecule has 4 aromatic rings. The monoisotopic (exact) mass is 426 g/mol. The van der Waals surface area contributed by atoms with Crippen molar-refractivity contribution in [1.82, 2.24) is 0 Å². The van der Waals surface area contributed by atoms with Gasteiger partial charge in [0.25, 0.3) is 0 Å². The molecule has 0 spiro atoms. The molecule has 0 aliphatic heterocycles. The lowest BCUT2D eigenvalue weighted by Gasteiger charge is -2.13. The Balaban J connectivity index is 1.48. The first kappa shape index (κ1) is 20.1. The average Bonchev–Trinajstić information content (AvgIpc) is 2.76. The molecular formula is C22H15FO8. The fourth-order valence-corrected chi connectivity index (χ4v) is 3.04. The summed E-state index contributed by atoms with van der Waals surface area (Å²) in [5.41, 5.74) is -0.605. The first-order chi connectivity index (χ1) is 14.9. The number of aromatic carboxylic acids is 1. The van der Waals surface area contributed by atoms with Crippen molar-refractivity contribution in [3.05, 3.63) is 81.0 Å². The van der Waals surface area contributed by atoms with Crippen molar-refractivity contribution in [2.45, 2.75) is 6.17 Å². The molecule has 0 saturated carbocycles. The Bertz CT molecular complexity index is 1380. The van der Waals surface area contributed by atoms with E-state index in [1.807, 2.05) is 0 Å². The van der Waals surface area contributed by atoms with E-state index < -0.39 is 36.5 Å². The Labute approximate surface area is 173 Å². The van der Waals surface area contributed by atoms with E-state index in [0.29, 0.717) is 5.58 Å². The number of carboxylic acids is 1. The fraction of sp³-hybridized carbons (Fsp3) is 0.136. The molecule has 2 aromatic carbocycles. The number of hydrogen-bond acceptors (Lipinski definition) is 7. The minimum absolute atomic E-state index is 0.00674. The van der Waals surface area contributed by atoms with Crippen LogP contribution in [0.5, 0.6) is 11.5 Å². The zero-order valence-corrected chi connectivity index (χ0v) is 15.9. The Kier molecular flexibility index (Phi) is 5.40. The van der Waals surface area contributed by atoms with E-state index in [-0.39, 0.29) is 33.3 Å². The number of carboxylic acid groups (broad SMARTS) is 1. The fourth-order valence-electron chi connectivity index (χ4n) is 3.04. The van der Waals surface area contributed by atoms with Crippen LogP contribution in [0.4, 0.5) is 4.39 Å². The molecular weight excluding hydrogens is 411 g/mol. The molecule has 158 valence electrons. The third-order valence-electron chi connectivity index (χ3n) is 4.42. The van der Waals surface area contributed by atoms with Gasteiger partial charge in [-0.2, -0.15) is 0 Å². The molecule has 4 rings (SSSR count). The molecule has 0 bridgehead atoms. The lowest BCUT2D eigenvalue weighted by molar-refractivity contribution is 0.0663. The normalized spacial score (nSPS) is 12.0. The van der Waals surface area contributed by atoms with Crippen molar-refractivity contribution < 1.29 is 32.6 Å². The Morgan fingerprint density at radius 1 is 0.935 bits per heavy atom. The molecule has 1 atom stereocenters. The number of rotatable bonds is 7. The summed E-state index contributed by atoms with van der Waals surface area (Å²) in [5, 5.41) is 9.21. The maximum absolute atomic E-state index is 14.4. The highest BCUT2D eigenvalue weighted by Crippen LogP contribution is 2.25. The van der Waals surface area contributed by atoms with Crippen LogP contribution in [0.1, 0.15) is 10.6 Å². The number of alkyl halides is 1. The van der Waals surface area contributed by atoms with Gasteiger partial charge in [0.2, 0.25) is 5.76 Å². The molecule has 0 aliphatic rings. The molecule has 0 aliphatic carbocycles. The van der Waals surface area contributed by atoms with E-state index in [4.69, 9.17) is 23.4 Å². The minimum Gasteiger partial charge on any atom is -0.489 e.